The van der Waals surface area contributed by atoms with Gasteiger partial charge in [0.1, 0.15) is 5.82 Å². The third kappa shape index (κ3) is 2.96. The lowest BCUT2D eigenvalue weighted by Gasteiger charge is -2.20. The first-order valence-corrected chi connectivity index (χ1v) is 4.79. The maximum absolute atomic E-state index is 4.22. The number of aromatic nitrogens is 2. The van der Waals surface area contributed by atoms with E-state index in [1.807, 2.05) is 6.92 Å². The average molecular weight is 194 g/mol. The van der Waals surface area contributed by atoms with Crippen molar-refractivity contribution in [2.45, 2.75) is 19.9 Å². The summed E-state index contributed by atoms with van der Waals surface area (Å²) in [5.41, 5.74) is 0.943. The Morgan fingerprint density at radius 2 is 2.00 bits per heavy atom. The zero-order valence-electron chi connectivity index (χ0n) is 9.28. The van der Waals surface area contributed by atoms with E-state index in [4.69, 9.17) is 0 Å². The maximum Gasteiger partial charge on any atom is 0.147 e. The lowest BCUT2D eigenvalue weighted by atomic mass is 10.3. The molecule has 0 aliphatic rings. The van der Waals surface area contributed by atoms with Crippen LogP contribution in [0.2, 0.25) is 0 Å². The van der Waals surface area contributed by atoms with Crippen LogP contribution in [0.4, 0.5) is 5.82 Å². The van der Waals surface area contributed by atoms with Crippen molar-refractivity contribution >= 4 is 5.82 Å². The summed E-state index contributed by atoms with van der Waals surface area (Å²) < 4.78 is 0. The molecule has 4 heteroatoms. The van der Waals surface area contributed by atoms with E-state index >= 15 is 0 Å². The number of hydrogen-bond donors (Lipinski definition) is 1. The van der Waals surface area contributed by atoms with Crippen molar-refractivity contribution in [3.63, 3.8) is 0 Å². The fraction of sp³-hybridized carbons (Fsp3) is 0.600. The number of hydrogen-bond acceptors (Lipinski definition) is 4. The summed E-state index contributed by atoms with van der Waals surface area (Å²) in [6.07, 6.45) is 3.41. The monoisotopic (exact) mass is 194 g/mol. The van der Waals surface area contributed by atoms with Gasteiger partial charge in [0.15, 0.2) is 0 Å². The van der Waals surface area contributed by atoms with Crippen LogP contribution in [0.25, 0.3) is 0 Å². The first-order chi connectivity index (χ1) is 6.61. The van der Waals surface area contributed by atoms with Crippen molar-refractivity contribution < 1.29 is 0 Å². The van der Waals surface area contributed by atoms with E-state index in [2.05, 4.69) is 41.2 Å². The highest BCUT2D eigenvalue weighted by Gasteiger charge is 2.05. The smallest absolute Gasteiger partial charge is 0.147 e. The number of likely N-dealkylation sites (N-methyl/N-ethyl adjacent to an activating group) is 1. The van der Waals surface area contributed by atoms with E-state index in [-0.39, 0.29) is 0 Å². The van der Waals surface area contributed by atoms with Crippen LogP contribution in [0.15, 0.2) is 12.4 Å². The Labute approximate surface area is 85.4 Å². The quantitative estimate of drug-likeness (QED) is 0.780. The van der Waals surface area contributed by atoms with Crippen LogP contribution in [0, 0.1) is 6.92 Å². The molecule has 14 heavy (non-hydrogen) atoms. The van der Waals surface area contributed by atoms with Crippen LogP contribution in [-0.2, 0) is 0 Å². The highest BCUT2D eigenvalue weighted by molar-refractivity contribution is 5.38. The van der Waals surface area contributed by atoms with E-state index < -0.39 is 0 Å². The topological polar surface area (TPSA) is 41.1 Å². The molecule has 1 N–H and O–H groups in total. The highest BCUT2D eigenvalue weighted by Crippen LogP contribution is 2.06. The summed E-state index contributed by atoms with van der Waals surface area (Å²) in [6, 6.07) is 0.483. The fourth-order valence-electron chi connectivity index (χ4n) is 1.01. The Morgan fingerprint density at radius 1 is 1.36 bits per heavy atom. The van der Waals surface area contributed by atoms with Crippen LogP contribution < -0.4 is 5.32 Å². The van der Waals surface area contributed by atoms with Crippen molar-refractivity contribution in [1.29, 1.82) is 0 Å². The molecule has 1 aromatic heterocycles. The highest BCUT2D eigenvalue weighted by atomic mass is 15.1. The molecule has 1 atom stereocenters. The van der Waals surface area contributed by atoms with Crippen molar-refractivity contribution in [3.05, 3.63) is 18.1 Å². The molecule has 0 amide bonds. The van der Waals surface area contributed by atoms with Crippen LogP contribution in [0.3, 0.4) is 0 Å². The molecular formula is C10H18N4. The molecular weight excluding hydrogens is 176 g/mol. The Kier molecular flexibility index (Phi) is 3.83. The molecule has 0 spiro atoms. The van der Waals surface area contributed by atoms with Gasteiger partial charge in [-0.25, -0.2) is 4.98 Å². The van der Waals surface area contributed by atoms with Crippen molar-refractivity contribution in [3.8, 4) is 0 Å². The fourth-order valence-corrected chi connectivity index (χ4v) is 1.01. The third-order valence-corrected chi connectivity index (χ3v) is 2.33. The van der Waals surface area contributed by atoms with Gasteiger partial charge < -0.3 is 10.2 Å². The largest absolute Gasteiger partial charge is 0.367 e. The average Bonchev–Trinajstić information content (AvgIpc) is 2.16. The molecule has 0 saturated carbocycles. The second kappa shape index (κ2) is 4.91. The minimum atomic E-state index is 0.483. The number of nitrogens with one attached hydrogen (secondary N) is 1. The molecule has 1 heterocycles. The van der Waals surface area contributed by atoms with Crippen molar-refractivity contribution in [1.82, 2.24) is 14.9 Å². The first-order valence-electron chi connectivity index (χ1n) is 4.79. The standard InChI is InChI=1S/C10H18N4/c1-8(14(3)4)7-13-10-9(2)11-5-6-12-10/h5-6,8H,7H2,1-4H3,(H,12,13). The molecule has 1 unspecified atom stereocenters. The molecule has 1 aromatic rings. The minimum absolute atomic E-state index is 0.483. The second-order valence-corrected chi connectivity index (χ2v) is 3.68. The van der Waals surface area contributed by atoms with Gasteiger partial charge in [0, 0.05) is 25.0 Å². The number of nitrogens with zero attached hydrogens (tertiary/aromatic N) is 3. The SMILES string of the molecule is Cc1nccnc1NCC(C)N(C)C. The van der Waals surface area contributed by atoms with E-state index in [0.29, 0.717) is 6.04 Å². The molecule has 0 radical (unpaired) electrons. The summed E-state index contributed by atoms with van der Waals surface area (Å²) in [5, 5.41) is 3.28. The molecule has 0 aliphatic heterocycles. The predicted octanol–water partition coefficient (Wildman–Crippen LogP) is 1.15. The minimum Gasteiger partial charge on any atom is -0.367 e. The third-order valence-electron chi connectivity index (χ3n) is 2.33. The number of anilines is 1. The van der Waals surface area contributed by atoms with Gasteiger partial charge >= 0.3 is 0 Å². The van der Waals surface area contributed by atoms with Crippen molar-refractivity contribution in [2.75, 3.05) is 26.0 Å². The van der Waals surface area contributed by atoms with Gasteiger partial charge in [-0.3, -0.25) is 4.98 Å². The van der Waals surface area contributed by atoms with Gasteiger partial charge in [-0.1, -0.05) is 0 Å². The summed E-state index contributed by atoms with van der Waals surface area (Å²) in [4.78, 5) is 10.5. The lowest BCUT2D eigenvalue weighted by Crippen LogP contribution is -2.31. The molecule has 0 aromatic carbocycles. The number of rotatable bonds is 4. The van der Waals surface area contributed by atoms with E-state index in [9.17, 15) is 0 Å². The normalized spacial score (nSPS) is 12.9. The number of aryl methyl sites for hydroxylation is 1. The summed E-state index contributed by atoms with van der Waals surface area (Å²) in [7, 11) is 4.13. The van der Waals surface area contributed by atoms with Crippen LogP contribution in [-0.4, -0.2) is 41.5 Å². The zero-order valence-corrected chi connectivity index (χ0v) is 9.28. The summed E-state index contributed by atoms with van der Waals surface area (Å²) >= 11 is 0. The summed E-state index contributed by atoms with van der Waals surface area (Å²) in [5.74, 6) is 0.876. The van der Waals surface area contributed by atoms with Gasteiger partial charge in [-0.2, -0.15) is 0 Å². The predicted molar refractivity (Wildman–Crippen MR) is 58.4 cm³/mol. The first kappa shape index (κ1) is 10.9. The lowest BCUT2D eigenvalue weighted by molar-refractivity contribution is 0.326. The molecule has 0 fully saturated rings. The summed E-state index contributed by atoms with van der Waals surface area (Å²) in [6.45, 7) is 5.00. The van der Waals surface area contributed by atoms with E-state index in [0.717, 1.165) is 18.1 Å². The molecule has 4 nitrogen and oxygen atoms in total. The second-order valence-electron chi connectivity index (χ2n) is 3.68. The van der Waals surface area contributed by atoms with Gasteiger partial charge in [0.25, 0.3) is 0 Å². The van der Waals surface area contributed by atoms with Crippen LogP contribution in [0.1, 0.15) is 12.6 Å². The van der Waals surface area contributed by atoms with Crippen LogP contribution in [0.5, 0.6) is 0 Å². The Balaban J connectivity index is 2.50. The Bertz CT molecular complexity index is 285. The van der Waals surface area contributed by atoms with Gasteiger partial charge in [0.2, 0.25) is 0 Å². The van der Waals surface area contributed by atoms with Gasteiger partial charge in [-0.05, 0) is 27.9 Å². The van der Waals surface area contributed by atoms with E-state index in [1.54, 1.807) is 12.4 Å². The maximum atomic E-state index is 4.22. The van der Waals surface area contributed by atoms with Crippen molar-refractivity contribution in [2.24, 2.45) is 0 Å². The Morgan fingerprint density at radius 3 is 2.57 bits per heavy atom. The van der Waals surface area contributed by atoms with Gasteiger partial charge in [-0.15, -0.1) is 0 Å². The molecule has 0 aliphatic carbocycles. The molecule has 0 bridgehead atoms. The van der Waals surface area contributed by atoms with Crippen LogP contribution >= 0.6 is 0 Å². The molecule has 78 valence electrons. The Hall–Kier alpha value is -1.16. The van der Waals surface area contributed by atoms with Gasteiger partial charge in [0.05, 0.1) is 5.69 Å². The molecule has 0 saturated heterocycles. The molecule has 1 rings (SSSR count). The zero-order chi connectivity index (χ0) is 10.6. The van der Waals surface area contributed by atoms with E-state index in [1.165, 1.54) is 0 Å².